The Balaban J connectivity index is 1.43. The fourth-order valence-electron chi connectivity index (χ4n) is 10.9. The molecular weight excluding hydrogens is 990 g/mol. The predicted molar refractivity (Wildman–Crippen MR) is 272 cm³/mol. The quantitative estimate of drug-likeness (QED) is 0.174. The lowest BCUT2D eigenvalue weighted by atomic mass is 9.77. The van der Waals surface area contributed by atoms with Crippen molar-refractivity contribution in [3.05, 3.63) is 41.7 Å². The summed E-state index contributed by atoms with van der Waals surface area (Å²) in [4.78, 5) is 32.0. The smallest absolute Gasteiger partial charge is 0.312 e. The van der Waals surface area contributed by atoms with E-state index < -0.39 is 131 Å². The molecule has 0 aliphatic carbocycles. The highest BCUT2D eigenvalue weighted by Crippen LogP contribution is 2.41. The zero-order chi connectivity index (χ0) is 54.5. The highest BCUT2D eigenvalue weighted by molar-refractivity contribution is 7.98. The molecule has 1 aromatic heterocycles. The van der Waals surface area contributed by atoms with Crippen molar-refractivity contribution in [1.82, 2.24) is 24.8 Å². The lowest BCUT2D eigenvalue weighted by Gasteiger charge is -2.49. The molecule has 0 spiro atoms. The minimum absolute atomic E-state index is 0.0653. The number of Topliss-reactive ketones (excluding diaryl/α,β-unsaturated/α-hetero) is 1. The molecule has 3 aliphatic rings. The molecule has 1 unspecified atom stereocenters. The summed E-state index contributed by atoms with van der Waals surface area (Å²) in [5, 5.41) is 55.7. The number of hydrogen-bond donors (Lipinski definition) is 4. The van der Waals surface area contributed by atoms with Gasteiger partial charge >= 0.3 is 5.97 Å². The van der Waals surface area contributed by atoms with Crippen LogP contribution in [0.3, 0.4) is 0 Å². The van der Waals surface area contributed by atoms with E-state index in [0.29, 0.717) is 31.6 Å². The SMILES string of the molecule is CC[C@H]1OC(=O)[C@H](C)[C@@H](O[C@H]2C[C@@](C)(OC)[C@@H](O)C(C)O2)[C@H](C)[C@@H](O[C@@H]2O[C@H](C)C[C@H](N(C)CCc3cn([C@H](CF)[C@H](SC)c4ccc(S(C)(=O)=O)cc4)nn3)[C@H]2O)[C@](C)(O)C[C@@H](C)CN(C)[C@H](C)[C@@H](O)C1=O. The molecule has 19 atom stereocenters. The van der Waals surface area contributed by atoms with Crippen molar-refractivity contribution in [2.75, 3.05) is 53.5 Å². The van der Waals surface area contributed by atoms with Crippen molar-refractivity contribution in [2.24, 2.45) is 17.8 Å². The van der Waals surface area contributed by atoms with E-state index in [1.807, 2.05) is 37.0 Å². The Morgan fingerprint density at radius 1 is 1.03 bits per heavy atom. The Bertz CT molecular complexity index is 2210. The van der Waals surface area contributed by atoms with Gasteiger partial charge in [-0.15, -0.1) is 5.10 Å². The van der Waals surface area contributed by atoms with Gasteiger partial charge in [0.05, 0.1) is 63.4 Å². The van der Waals surface area contributed by atoms with Crippen molar-refractivity contribution in [3.63, 3.8) is 0 Å². The summed E-state index contributed by atoms with van der Waals surface area (Å²) in [5.41, 5.74) is -1.44. The summed E-state index contributed by atoms with van der Waals surface area (Å²) in [6, 6.07) is 4.51. The average molecular weight is 1070 g/mol. The van der Waals surface area contributed by atoms with Crippen LogP contribution in [0.4, 0.5) is 4.39 Å². The van der Waals surface area contributed by atoms with E-state index in [9.17, 15) is 42.8 Å². The number of methoxy groups -OCH3 is 1. The van der Waals surface area contributed by atoms with E-state index in [4.69, 9.17) is 28.4 Å². The third kappa shape index (κ3) is 14.7. The fraction of sp³-hybridized carbons (Fsp3) is 0.804. The van der Waals surface area contributed by atoms with E-state index in [1.54, 1.807) is 73.8 Å². The largest absolute Gasteiger partial charge is 0.454 e. The van der Waals surface area contributed by atoms with Gasteiger partial charge in [0, 0.05) is 63.5 Å². The van der Waals surface area contributed by atoms with Gasteiger partial charge in [0.25, 0.3) is 0 Å². The molecule has 1 aromatic carbocycles. The van der Waals surface area contributed by atoms with Gasteiger partial charge in [0.15, 0.2) is 28.5 Å². The van der Waals surface area contributed by atoms with Gasteiger partial charge in [-0.3, -0.25) is 9.59 Å². The van der Waals surface area contributed by atoms with Crippen LogP contribution in [0.5, 0.6) is 0 Å². The average Bonchev–Trinajstić information content (AvgIpc) is 3.81. The van der Waals surface area contributed by atoms with Gasteiger partial charge in [-0.25, -0.2) is 17.5 Å². The summed E-state index contributed by atoms with van der Waals surface area (Å²) >= 11 is 1.42. The number of ether oxygens (including phenoxy) is 6. The maximum atomic E-state index is 14.8. The molecule has 0 radical (unpaired) electrons. The first-order chi connectivity index (χ1) is 34.1. The molecule has 2 aromatic rings. The number of halogens is 1. The molecule has 3 aliphatic heterocycles. The molecule has 5 rings (SSSR count). The van der Waals surface area contributed by atoms with Gasteiger partial charge in [-0.2, -0.15) is 11.8 Å². The van der Waals surface area contributed by atoms with Crippen molar-refractivity contribution in [3.8, 4) is 0 Å². The highest BCUT2D eigenvalue weighted by Gasteiger charge is 2.52. The number of cyclic esters (lactones) is 1. The fourth-order valence-corrected chi connectivity index (χ4v) is 12.5. The number of carbonyl (C=O) groups is 2. The van der Waals surface area contributed by atoms with Gasteiger partial charge < -0.3 is 58.6 Å². The number of benzene rings is 1. The number of hydrogen-bond acceptors (Lipinski definition) is 19. The summed E-state index contributed by atoms with van der Waals surface area (Å²) in [7, 11) is 1.71. The molecule has 0 bridgehead atoms. The third-order valence-electron chi connectivity index (χ3n) is 15.5. The number of sulfone groups is 1. The highest BCUT2D eigenvalue weighted by atomic mass is 32.2. The number of aliphatic hydroxyl groups is 4. The molecule has 4 heterocycles. The number of aliphatic hydroxyl groups excluding tert-OH is 3. The summed E-state index contributed by atoms with van der Waals surface area (Å²) < 4.78 is 78.3. The molecule has 4 N–H and O–H groups in total. The molecule has 19 nitrogen and oxygen atoms in total. The number of carbonyl (C=O) groups excluding carboxylic acids is 2. The Morgan fingerprint density at radius 2 is 1.68 bits per heavy atom. The normalized spacial score (nSPS) is 37.8. The molecule has 0 amide bonds. The Labute approximate surface area is 436 Å². The van der Waals surface area contributed by atoms with Crippen LogP contribution in [0.25, 0.3) is 0 Å². The Hall–Kier alpha value is -2.71. The number of nitrogens with zero attached hydrogens (tertiary/aromatic N) is 5. The predicted octanol–water partition coefficient (Wildman–Crippen LogP) is 3.94. The lowest BCUT2D eigenvalue weighted by molar-refractivity contribution is -0.318. The lowest BCUT2D eigenvalue weighted by Crippen LogP contribution is -2.60. The second kappa shape index (κ2) is 25.6. The number of aromatic nitrogens is 3. The Kier molecular flexibility index (Phi) is 21.5. The van der Waals surface area contributed by atoms with E-state index in [-0.39, 0.29) is 35.3 Å². The van der Waals surface area contributed by atoms with Crippen LogP contribution < -0.4 is 0 Å². The first kappa shape index (κ1) is 61.1. The van der Waals surface area contributed by atoms with Crippen LogP contribution in [0.15, 0.2) is 35.4 Å². The van der Waals surface area contributed by atoms with Crippen molar-refractivity contribution in [1.29, 1.82) is 0 Å². The summed E-state index contributed by atoms with van der Waals surface area (Å²) in [6.45, 7) is 15.6. The van der Waals surface area contributed by atoms with Gasteiger partial charge in [0.2, 0.25) is 5.78 Å². The molecule has 22 heteroatoms. The van der Waals surface area contributed by atoms with Crippen LogP contribution in [0.1, 0.15) is 111 Å². The molecule has 73 heavy (non-hydrogen) atoms. The molecule has 0 saturated carbocycles. The second-order valence-electron chi connectivity index (χ2n) is 21.5. The maximum Gasteiger partial charge on any atom is 0.312 e. The summed E-state index contributed by atoms with van der Waals surface area (Å²) in [6.07, 6.45) is -4.99. The van der Waals surface area contributed by atoms with Crippen molar-refractivity contribution < 1.29 is 71.2 Å². The number of rotatable bonds is 16. The summed E-state index contributed by atoms with van der Waals surface area (Å²) in [5.74, 6) is -3.66. The zero-order valence-electron chi connectivity index (χ0n) is 45.2. The Morgan fingerprint density at radius 3 is 2.27 bits per heavy atom. The van der Waals surface area contributed by atoms with Crippen molar-refractivity contribution in [2.45, 2.75) is 195 Å². The van der Waals surface area contributed by atoms with E-state index >= 15 is 0 Å². The number of esters is 1. The van der Waals surface area contributed by atoms with E-state index in [1.165, 1.54) is 35.7 Å². The third-order valence-corrected chi connectivity index (χ3v) is 17.7. The van der Waals surface area contributed by atoms with Crippen LogP contribution in [-0.2, 0) is 54.3 Å². The van der Waals surface area contributed by atoms with Gasteiger partial charge in [0.1, 0.15) is 25.0 Å². The molecular formula is C51H84FN5O14S2. The van der Waals surface area contributed by atoms with Gasteiger partial charge in [-0.1, -0.05) is 38.1 Å². The van der Waals surface area contributed by atoms with Crippen LogP contribution in [0.2, 0.25) is 0 Å². The minimum atomic E-state index is -3.41. The molecule has 416 valence electrons. The van der Waals surface area contributed by atoms with Crippen LogP contribution in [0, 0.1) is 17.8 Å². The van der Waals surface area contributed by atoms with Crippen LogP contribution >= 0.6 is 11.8 Å². The topological polar surface area (TPSA) is 242 Å². The maximum absolute atomic E-state index is 14.8. The first-order valence-electron chi connectivity index (χ1n) is 25.5. The molecule has 3 saturated heterocycles. The first-order valence-corrected chi connectivity index (χ1v) is 28.7. The van der Waals surface area contributed by atoms with E-state index in [0.717, 1.165) is 11.8 Å². The second-order valence-corrected chi connectivity index (χ2v) is 24.5. The van der Waals surface area contributed by atoms with Crippen LogP contribution in [-0.4, -0.2) is 204 Å². The monoisotopic (exact) mass is 1070 g/mol. The number of ketones is 1. The van der Waals surface area contributed by atoms with Gasteiger partial charge in [-0.05, 0) is 105 Å². The standard InChI is InChI=1S/C51H84FN5O14S2/c1-15-39-43(60)41(58)32(6)56(11)26-28(2)23-50(8,63)47(30(4)44(31(5)48(62)69-39)70-40-24-51(9,66-12)46(61)33(7)68-40)71-49-42(59)37(22-29(3)67-49)55(10)21-20-35-27-57(54-53-35)38(25-52)45(72-13)34-16-18-36(19-17-34)73(14,64)65/h16-19,27-33,37-42,44-47,49,58-59,61,63H,15,20-26H2,1-14H3/t28-,29-,30+,31-,32-,33?,37+,38-,39-,40+,41-,42-,44+,45-,46+,47-,49+,50-,51-/m1/s1. The van der Waals surface area contributed by atoms with Crippen molar-refractivity contribution >= 4 is 33.4 Å². The number of thioether (sulfide) groups is 1. The van der Waals surface area contributed by atoms with E-state index in [2.05, 4.69) is 10.3 Å². The molecule has 3 fully saturated rings. The number of alkyl halides is 1. The zero-order valence-corrected chi connectivity index (χ0v) is 46.8. The minimum Gasteiger partial charge on any atom is -0.454 e. The number of likely N-dealkylation sites (N-methyl/N-ethyl adjacent to an activating group) is 2.